The predicted molar refractivity (Wildman–Crippen MR) is 146 cm³/mol. The number of fused-ring (bicyclic) bond motifs is 1. The van der Waals surface area contributed by atoms with E-state index in [1.807, 2.05) is 72.8 Å². The monoisotopic (exact) mass is 526 g/mol. The number of amides is 1. The summed E-state index contributed by atoms with van der Waals surface area (Å²) in [7, 11) is -3.80. The number of sulfone groups is 1. The van der Waals surface area contributed by atoms with Crippen molar-refractivity contribution in [3.05, 3.63) is 138 Å². The van der Waals surface area contributed by atoms with Crippen LogP contribution in [0.25, 0.3) is 10.9 Å². The largest absolute Gasteiger partial charge is 0.337 e. The molecule has 1 amide bonds. The molecule has 0 saturated carbocycles. The zero-order valence-corrected chi connectivity index (χ0v) is 21.5. The van der Waals surface area contributed by atoms with Crippen LogP contribution in [0.15, 0.2) is 120 Å². The highest BCUT2D eigenvalue weighted by Crippen LogP contribution is 2.28. The first-order valence-electron chi connectivity index (χ1n) is 12.3. The van der Waals surface area contributed by atoms with Crippen molar-refractivity contribution in [2.45, 2.75) is 30.3 Å². The van der Waals surface area contributed by atoms with Gasteiger partial charge in [-0.25, -0.2) is 12.8 Å². The Bertz CT molecular complexity index is 1620. The van der Waals surface area contributed by atoms with Gasteiger partial charge in [-0.05, 0) is 34.9 Å². The van der Waals surface area contributed by atoms with E-state index in [9.17, 15) is 17.6 Å². The quantitative estimate of drug-likeness (QED) is 0.237. The van der Waals surface area contributed by atoms with Gasteiger partial charge < -0.3 is 9.47 Å². The fraction of sp³-hybridized carbons (Fsp3) is 0.129. The molecule has 5 aromatic rings. The zero-order valence-electron chi connectivity index (χ0n) is 20.7. The highest BCUT2D eigenvalue weighted by Gasteiger charge is 2.24. The van der Waals surface area contributed by atoms with Gasteiger partial charge in [0.05, 0.1) is 10.6 Å². The summed E-state index contributed by atoms with van der Waals surface area (Å²) >= 11 is 0. The number of hydrogen-bond donors (Lipinski definition) is 0. The summed E-state index contributed by atoms with van der Waals surface area (Å²) in [6.07, 6.45) is 1.53. The van der Waals surface area contributed by atoms with E-state index < -0.39 is 15.7 Å². The summed E-state index contributed by atoms with van der Waals surface area (Å²) in [6.45, 7) is 0.840. The fourth-order valence-electron chi connectivity index (χ4n) is 4.60. The van der Waals surface area contributed by atoms with Crippen LogP contribution in [0.2, 0.25) is 0 Å². The predicted octanol–water partition coefficient (Wildman–Crippen LogP) is 5.98. The van der Waals surface area contributed by atoms with Crippen LogP contribution in [0.5, 0.6) is 0 Å². The molecule has 0 bridgehead atoms. The molecule has 0 fully saturated rings. The normalized spacial score (nSPS) is 11.5. The molecule has 38 heavy (non-hydrogen) atoms. The second kappa shape index (κ2) is 11.0. The van der Waals surface area contributed by atoms with E-state index in [-0.39, 0.29) is 23.1 Å². The van der Waals surface area contributed by atoms with Gasteiger partial charge in [0.2, 0.25) is 5.91 Å². The van der Waals surface area contributed by atoms with Gasteiger partial charge in [0.1, 0.15) is 12.4 Å². The van der Waals surface area contributed by atoms with Crippen LogP contribution in [0.1, 0.15) is 16.7 Å². The number of para-hydroxylation sites is 1. The maximum Gasteiger partial charge on any atom is 0.243 e. The van der Waals surface area contributed by atoms with Crippen LogP contribution < -0.4 is 0 Å². The molecular weight excluding hydrogens is 499 g/mol. The van der Waals surface area contributed by atoms with E-state index in [1.165, 1.54) is 24.4 Å². The average molecular weight is 527 g/mol. The highest BCUT2D eigenvalue weighted by atomic mass is 32.2. The first-order chi connectivity index (χ1) is 18.4. The number of rotatable bonds is 9. The molecule has 0 unspecified atom stereocenters. The van der Waals surface area contributed by atoms with Crippen LogP contribution in [0, 0.1) is 5.82 Å². The summed E-state index contributed by atoms with van der Waals surface area (Å²) in [6, 6.07) is 32.3. The number of nitrogens with zero attached hydrogens (tertiary/aromatic N) is 2. The standard InChI is InChI=1S/C31H27FN2O3S/c32-27-15-9-14-26(18-27)23-38(36,37)30-21-33(29-17-8-7-16-28(29)30)22-31(35)34(19-24-10-3-1-4-11-24)20-25-12-5-2-6-13-25/h1-18,21H,19-20,22-23H2. The minimum absolute atomic E-state index is 0.0182. The molecule has 0 atom stereocenters. The Morgan fingerprint density at radius 2 is 1.32 bits per heavy atom. The molecule has 0 N–H and O–H groups in total. The van der Waals surface area contributed by atoms with Gasteiger partial charge in [0.15, 0.2) is 9.84 Å². The number of carbonyl (C=O) groups is 1. The molecule has 1 aromatic heterocycles. The van der Waals surface area contributed by atoms with Crippen molar-refractivity contribution >= 4 is 26.6 Å². The lowest BCUT2D eigenvalue weighted by atomic mass is 10.1. The highest BCUT2D eigenvalue weighted by molar-refractivity contribution is 7.90. The first kappa shape index (κ1) is 25.4. The second-order valence-corrected chi connectivity index (χ2v) is 11.2. The number of benzene rings is 4. The Labute approximate surface area is 221 Å². The van der Waals surface area contributed by atoms with Crippen LogP contribution in [0.3, 0.4) is 0 Å². The van der Waals surface area contributed by atoms with E-state index in [0.29, 0.717) is 29.6 Å². The molecule has 0 aliphatic heterocycles. The molecule has 1 heterocycles. The first-order valence-corrected chi connectivity index (χ1v) is 13.9. The third-order valence-electron chi connectivity index (χ3n) is 6.42. The Hall–Kier alpha value is -4.23. The molecule has 5 rings (SSSR count). The van der Waals surface area contributed by atoms with Crippen molar-refractivity contribution in [3.63, 3.8) is 0 Å². The van der Waals surface area contributed by atoms with Crippen molar-refractivity contribution in [3.8, 4) is 0 Å². The second-order valence-electron chi connectivity index (χ2n) is 9.25. The van der Waals surface area contributed by atoms with Crippen molar-refractivity contribution in [2.75, 3.05) is 0 Å². The van der Waals surface area contributed by atoms with Crippen LogP contribution in [-0.4, -0.2) is 23.8 Å². The lowest BCUT2D eigenvalue weighted by Crippen LogP contribution is -2.32. The smallest absolute Gasteiger partial charge is 0.243 e. The fourth-order valence-corrected chi connectivity index (χ4v) is 6.17. The SMILES string of the molecule is O=C(Cn1cc(S(=O)(=O)Cc2cccc(F)c2)c2ccccc21)N(Cc1ccccc1)Cc1ccccc1. The van der Waals surface area contributed by atoms with E-state index in [4.69, 9.17) is 0 Å². The molecule has 0 spiro atoms. The molecule has 5 nitrogen and oxygen atoms in total. The lowest BCUT2D eigenvalue weighted by Gasteiger charge is -2.23. The molecule has 0 radical (unpaired) electrons. The number of halogens is 1. The summed E-state index contributed by atoms with van der Waals surface area (Å²) in [5.74, 6) is -0.948. The number of carbonyl (C=O) groups excluding carboxylic acids is 1. The van der Waals surface area contributed by atoms with Gasteiger partial charge in [-0.1, -0.05) is 91.0 Å². The Kier molecular flexibility index (Phi) is 7.38. The van der Waals surface area contributed by atoms with Gasteiger partial charge in [-0.2, -0.15) is 0 Å². The third kappa shape index (κ3) is 5.84. The topological polar surface area (TPSA) is 59.4 Å². The Morgan fingerprint density at radius 1 is 0.737 bits per heavy atom. The molecule has 192 valence electrons. The Morgan fingerprint density at radius 3 is 1.95 bits per heavy atom. The minimum Gasteiger partial charge on any atom is -0.337 e. The van der Waals surface area contributed by atoms with E-state index >= 15 is 0 Å². The summed E-state index contributed by atoms with van der Waals surface area (Å²) in [4.78, 5) is 15.6. The summed E-state index contributed by atoms with van der Waals surface area (Å²) in [5.41, 5.74) is 3.04. The average Bonchev–Trinajstić information content (AvgIpc) is 3.29. The summed E-state index contributed by atoms with van der Waals surface area (Å²) in [5, 5.41) is 0.536. The molecule has 0 aliphatic carbocycles. The lowest BCUT2D eigenvalue weighted by molar-refractivity contribution is -0.133. The van der Waals surface area contributed by atoms with Gasteiger partial charge in [-0.3, -0.25) is 4.79 Å². The molecule has 0 saturated heterocycles. The maximum absolute atomic E-state index is 13.7. The molecule has 0 aliphatic rings. The van der Waals surface area contributed by atoms with Crippen LogP contribution >= 0.6 is 0 Å². The van der Waals surface area contributed by atoms with Gasteiger partial charge in [-0.15, -0.1) is 0 Å². The zero-order chi connectivity index (χ0) is 26.5. The minimum atomic E-state index is -3.80. The van der Waals surface area contributed by atoms with E-state index in [2.05, 4.69) is 0 Å². The van der Waals surface area contributed by atoms with Crippen LogP contribution in [-0.2, 0) is 40.0 Å². The van der Waals surface area contributed by atoms with Crippen LogP contribution in [0.4, 0.5) is 4.39 Å². The van der Waals surface area contributed by atoms with E-state index in [0.717, 1.165) is 11.1 Å². The molecule has 4 aromatic carbocycles. The molecule has 7 heteroatoms. The van der Waals surface area contributed by atoms with Gasteiger partial charge >= 0.3 is 0 Å². The van der Waals surface area contributed by atoms with Crippen molar-refractivity contribution in [2.24, 2.45) is 0 Å². The van der Waals surface area contributed by atoms with Crippen molar-refractivity contribution < 1.29 is 17.6 Å². The number of aromatic nitrogens is 1. The van der Waals surface area contributed by atoms with E-state index in [1.54, 1.807) is 27.7 Å². The summed E-state index contributed by atoms with van der Waals surface area (Å²) < 4.78 is 42.2. The van der Waals surface area contributed by atoms with Crippen molar-refractivity contribution in [1.29, 1.82) is 0 Å². The Balaban J connectivity index is 1.46. The number of hydrogen-bond acceptors (Lipinski definition) is 3. The maximum atomic E-state index is 13.7. The van der Waals surface area contributed by atoms with Gasteiger partial charge in [0.25, 0.3) is 0 Å². The molecular formula is C31H27FN2O3S. The third-order valence-corrected chi connectivity index (χ3v) is 8.13. The van der Waals surface area contributed by atoms with Crippen molar-refractivity contribution in [1.82, 2.24) is 9.47 Å². The van der Waals surface area contributed by atoms with Gasteiger partial charge in [0, 0.05) is 30.2 Å².